The zero-order valence-electron chi connectivity index (χ0n) is 6.64. The summed E-state index contributed by atoms with van der Waals surface area (Å²) in [7, 11) is 0. The van der Waals surface area contributed by atoms with Crippen molar-refractivity contribution in [2.24, 2.45) is 0 Å². The average molecular weight is 153 g/mol. The first-order valence-corrected chi connectivity index (χ1v) is 3.57. The maximum absolute atomic E-state index is 10.5. The van der Waals surface area contributed by atoms with Gasteiger partial charge in [-0.3, -0.25) is 0 Å². The molecule has 0 aliphatic carbocycles. The smallest absolute Gasteiger partial charge is 0.352 e. The molecule has 0 atom stereocenters. The number of aromatic amines is 1. The number of aromatic carboxylic acids is 1. The van der Waals surface area contributed by atoms with Gasteiger partial charge in [0, 0.05) is 5.69 Å². The van der Waals surface area contributed by atoms with E-state index < -0.39 is 5.97 Å². The molecule has 1 aromatic rings. The van der Waals surface area contributed by atoms with Crippen molar-refractivity contribution in [1.82, 2.24) is 4.98 Å². The molecule has 1 rings (SSSR count). The van der Waals surface area contributed by atoms with Gasteiger partial charge in [0.2, 0.25) is 0 Å². The minimum Gasteiger partial charge on any atom is -0.477 e. The number of carboxylic acids is 1. The highest BCUT2D eigenvalue weighted by Crippen LogP contribution is 2.09. The molecule has 1 heterocycles. The quantitative estimate of drug-likeness (QED) is 0.677. The molecule has 3 heteroatoms. The van der Waals surface area contributed by atoms with E-state index in [-0.39, 0.29) is 0 Å². The Balaban J connectivity index is 3.07. The van der Waals surface area contributed by atoms with Crippen molar-refractivity contribution in [2.75, 3.05) is 0 Å². The Hall–Kier alpha value is -1.25. The van der Waals surface area contributed by atoms with Crippen molar-refractivity contribution in [1.29, 1.82) is 0 Å². The molecule has 1 aromatic heterocycles. The molecule has 0 radical (unpaired) electrons. The topological polar surface area (TPSA) is 53.1 Å². The number of hydrogen-bond acceptors (Lipinski definition) is 1. The lowest BCUT2D eigenvalue weighted by Gasteiger charge is -1.89. The summed E-state index contributed by atoms with van der Waals surface area (Å²) < 4.78 is 0. The van der Waals surface area contributed by atoms with Crippen LogP contribution in [-0.4, -0.2) is 16.1 Å². The summed E-state index contributed by atoms with van der Waals surface area (Å²) in [6.45, 7) is 3.77. The Morgan fingerprint density at radius 2 is 2.36 bits per heavy atom. The molecule has 0 aromatic carbocycles. The highest BCUT2D eigenvalue weighted by Gasteiger charge is 2.09. The molecule has 0 aliphatic rings. The van der Waals surface area contributed by atoms with Gasteiger partial charge in [-0.25, -0.2) is 4.79 Å². The Kier molecular flexibility index (Phi) is 1.98. The zero-order valence-corrected chi connectivity index (χ0v) is 6.64. The second-order valence-electron chi connectivity index (χ2n) is 2.51. The van der Waals surface area contributed by atoms with Gasteiger partial charge in [-0.1, -0.05) is 6.92 Å². The van der Waals surface area contributed by atoms with Crippen molar-refractivity contribution in [3.63, 3.8) is 0 Å². The summed E-state index contributed by atoms with van der Waals surface area (Å²) in [5.74, 6) is -0.887. The summed E-state index contributed by atoms with van der Waals surface area (Å²) in [5.41, 5.74) is 2.08. The van der Waals surface area contributed by atoms with Gasteiger partial charge in [-0.05, 0) is 25.0 Å². The lowest BCUT2D eigenvalue weighted by molar-refractivity contribution is 0.0690. The molecule has 60 valence electrons. The van der Waals surface area contributed by atoms with E-state index in [2.05, 4.69) is 4.98 Å². The van der Waals surface area contributed by atoms with E-state index in [1.54, 1.807) is 6.92 Å². The van der Waals surface area contributed by atoms with Crippen molar-refractivity contribution >= 4 is 5.97 Å². The number of nitrogens with one attached hydrogen (secondary N) is 1. The van der Waals surface area contributed by atoms with Crippen molar-refractivity contribution in [3.05, 3.63) is 23.0 Å². The van der Waals surface area contributed by atoms with Crippen molar-refractivity contribution < 1.29 is 9.90 Å². The number of carbonyl (C=O) groups is 1. The molecule has 11 heavy (non-hydrogen) atoms. The van der Waals surface area contributed by atoms with E-state index in [1.807, 2.05) is 13.0 Å². The molecule has 3 nitrogen and oxygen atoms in total. The predicted molar refractivity (Wildman–Crippen MR) is 41.9 cm³/mol. The van der Waals surface area contributed by atoms with Crippen LogP contribution in [0.25, 0.3) is 0 Å². The lowest BCUT2D eigenvalue weighted by atomic mass is 10.2. The highest BCUT2D eigenvalue weighted by molar-refractivity contribution is 5.87. The average Bonchev–Trinajstić information content (AvgIpc) is 2.30. The molecule has 0 saturated heterocycles. The van der Waals surface area contributed by atoms with Gasteiger partial charge in [0.15, 0.2) is 0 Å². The Morgan fingerprint density at radius 3 is 2.64 bits per heavy atom. The van der Waals surface area contributed by atoms with Crippen molar-refractivity contribution in [2.45, 2.75) is 20.3 Å². The van der Waals surface area contributed by atoms with E-state index in [0.29, 0.717) is 5.69 Å². The molecule has 0 unspecified atom stereocenters. The van der Waals surface area contributed by atoms with Crippen LogP contribution in [0.3, 0.4) is 0 Å². The van der Waals surface area contributed by atoms with Crippen LogP contribution >= 0.6 is 0 Å². The van der Waals surface area contributed by atoms with Gasteiger partial charge in [-0.15, -0.1) is 0 Å². The third-order valence-electron chi connectivity index (χ3n) is 1.67. The Labute approximate surface area is 65.1 Å². The first kappa shape index (κ1) is 7.85. The van der Waals surface area contributed by atoms with Gasteiger partial charge in [0.1, 0.15) is 5.69 Å². The fourth-order valence-corrected chi connectivity index (χ4v) is 1.04. The van der Waals surface area contributed by atoms with Gasteiger partial charge in [0.25, 0.3) is 0 Å². The predicted octanol–water partition coefficient (Wildman–Crippen LogP) is 1.58. The first-order valence-electron chi connectivity index (χ1n) is 3.57. The van der Waals surface area contributed by atoms with Crippen LogP contribution in [0, 0.1) is 6.92 Å². The van der Waals surface area contributed by atoms with Crippen LogP contribution in [0.4, 0.5) is 0 Å². The number of aryl methyl sites for hydroxylation is 2. The zero-order chi connectivity index (χ0) is 8.43. The molecular weight excluding hydrogens is 142 g/mol. The van der Waals surface area contributed by atoms with E-state index >= 15 is 0 Å². The van der Waals surface area contributed by atoms with Gasteiger partial charge in [-0.2, -0.15) is 0 Å². The van der Waals surface area contributed by atoms with Crippen LogP contribution < -0.4 is 0 Å². The van der Waals surface area contributed by atoms with Crippen LogP contribution in [0.15, 0.2) is 6.07 Å². The lowest BCUT2D eigenvalue weighted by Crippen LogP contribution is -1.98. The molecule has 2 N–H and O–H groups in total. The maximum atomic E-state index is 10.5. The number of hydrogen-bond donors (Lipinski definition) is 2. The normalized spacial score (nSPS) is 10.0. The fourth-order valence-electron chi connectivity index (χ4n) is 1.04. The highest BCUT2D eigenvalue weighted by atomic mass is 16.4. The van der Waals surface area contributed by atoms with Crippen LogP contribution in [0.2, 0.25) is 0 Å². The molecular formula is C8H11NO2. The summed E-state index contributed by atoms with van der Waals surface area (Å²) in [6, 6.07) is 1.86. The summed E-state index contributed by atoms with van der Waals surface area (Å²) >= 11 is 0. The minimum atomic E-state index is -0.887. The first-order chi connectivity index (χ1) is 5.15. The second kappa shape index (κ2) is 2.78. The van der Waals surface area contributed by atoms with Crippen LogP contribution in [0.1, 0.15) is 28.7 Å². The van der Waals surface area contributed by atoms with E-state index in [9.17, 15) is 4.79 Å². The number of aromatic nitrogens is 1. The summed E-state index contributed by atoms with van der Waals surface area (Å²) in [6.07, 6.45) is 0.841. The van der Waals surface area contributed by atoms with E-state index in [1.165, 1.54) is 0 Å². The van der Waals surface area contributed by atoms with Crippen LogP contribution in [0.5, 0.6) is 0 Å². The molecule has 0 aliphatic heterocycles. The maximum Gasteiger partial charge on any atom is 0.352 e. The standard InChI is InChI=1S/C8H11NO2/c1-3-6-4-5(2)7(9-6)8(10)11/h4,9H,3H2,1-2H3,(H,10,11). The largest absolute Gasteiger partial charge is 0.477 e. The third kappa shape index (κ3) is 1.42. The molecule has 0 saturated carbocycles. The number of rotatable bonds is 2. The fraction of sp³-hybridized carbons (Fsp3) is 0.375. The molecule has 0 bridgehead atoms. The Morgan fingerprint density at radius 1 is 1.73 bits per heavy atom. The van der Waals surface area contributed by atoms with E-state index in [4.69, 9.17) is 5.11 Å². The minimum absolute atomic E-state index is 0.307. The van der Waals surface area contributed by atoms with Crippen LogP contribution in [-0.2, 0) is 6.42 Å². The number of carboxylic acid groups (broad SMARTS) is 1. The molecule has 0 fully saturated rings. The second-order valence-corrected chi connectivity index (χ2v) is 2.51. The van der Waals surface area contributed by atoms with Crippen molar-refractivity contribution in [3.8, 4) is 0 Å². The summed E-state index contributed by atoms with van der Waals surface area (Å²) in [4.78, 5) is 13.4. The number of H-pyrrole nitrogens is 1. The Bertz CT molecular complexity index is 276. The summed E-state index contributed by atoms with van der Waals surface area (Å²) in [5, 5.41) is 8.64. The van der Waals surface area contributed by atoms with E-state index in [0.717, 1.165) is 17.7 Å². The monoisotopic (exact) mass is 153 g/mol. The molecule has 0 spiro atoms. The third-order valence-corrected chi connectivity index (χ3v) is 1.67. The molecule has 0 amide bonds. The van der Waals surface area contributed by atoms with Gasteiger partial charge >= 0.3 is 5.97 Å². The van der Waals surface area contributed by atoms with Gasteiger partial charge < -0.3 is 10.1 Å². The van der Waals surface area contributed by atoms with Gasteiger partial charge in [0.05, 0.1) is 0 Å². The SMILES string of the molecule is CCc1cc(C)c(C(=O)O)[nH]1.